The van der Waals surface area contributed by atoms with Crippen molar-refractivity contribution in [1.82, 2.24) is 4.98 Å². The molecule has 0 radical (unpaired) electrons. The van der Waals surface area contributed by atoms with Gasteiger partial charge in [-0.15, -0.1) is 0 Å². The van der Waals surface area contributed by atoms with Gasteiger partial charge in [-0.1, -0.05) is 0 Å². The van der Waals surface area contributed by atoms with Crippen LogP contribution in [-0.4, -0.2) is 24.3 Å². The number of anilines is 1. The second kappa shape index (κ2) is 6.00. The van der Waals surface area contributed by atoms with Gasteiger partial charge >= 0.3 is 0 Å². The first kappa shape index (κ1) is 15.7. The van der Waals surface area contributed by atoms with E-state index in [4.69, 9.17) is 15.2 Å². The van der Waals surface area contributed by atoms with Crippen molar-refractivity contribution in [2.45, 2.75) is 0 Å². The Balaban J connectivity index is 2.96. The van der Waals surface area contributed by atoms with Crippen molar-refractivity contribution in [3.63, 3.8) is 0 Å². The van der Waals surface area contributed by atoms with Gasteiger partial charge in [-0.3, -0.25) is 4.79 Å². The number of benzene rings is 1. The molecule has 0 spiro atoms. The minimum absolute atomic E-state index is 0.0489. The normalized spacial score (nSPS) is 9.74. The molecule has 8 nitrogen and oxygen atoms in total. The molecule has 1 aromatic carbocycles. The van der Waals surface area contributed by atoms with Crippen molar-refractivity contribution in [1.29, 1.82) is 10.5 Å². The van der Waals surface area contributed by atoms with Crippen molar-refractivity contribution >= 4 is 5.82 Å². The Morgan fingerprint density at radius 2 is 1.65 bits per heavy atom. The summed E-state index contributed by atoms with van der Waals surface area (Å²) in [6.07, 6.45) is 0. The second-order valence-corrected chi connectivity index (χ2v) is 4.45. The van der Waals surface area contributed by atoms with Crippen molar-refractivity contribution < 1.29 is 14.6 Å². The SMILES string of the molecule is COc1cc(-c2c(C#N)c(N)[nH]c(=O)c2C#N)cc(OC)c1O. The largest absolute Gasteiger partial charge is 0.502 e. The Kier molecular flexibility index (Phi) is 4.10. The van der Waals surface area contributed by atoms with Gasteiger partial charge in [-0.25, -0.2) is 0 Å². The van der Waals surface area contributed by atoms with Gasteiger partial charge in [0, 0.05) is 5.56 Å². The molecule has 4 N–H and O–H groups in total. The van der Waals surface area contributed by atoms with Gasteiger partial charge in [0.2, 0.25) is 5.75 Å². The van der Waals surface area contributed by atoms with Crippen molar-refractivity contribution in [2.75, 3.05) is 20.0 Å². The van der Waals surface area contributed by atoms with E-state index in [1.807, 2.05) is 6.07 Å². The minimum atomic E-state index is -0.718. The molecule has 8 heteroatoms. The number of aromatic nitrogens is 1. The number of H-pyrrole nitrogens is 1. The van der Waals surface area contributed by atoms with Crippen LogP contribution in [0.25, 0.3) is 11.1 Å². The van der Waals surface area contributed by atoms with Crippen LogP contribution >= 0.6 is 0 Å². The number of nitrogens with two attached hydrogens (primary N) is 1. The average molecular weight is 312 g/mol. The lowest BCUT2D eigenvalue weighted by Crippen LogP contribution is -2.16. The molecule has 0 aliphatic carbocycles. The van der Waals surface area contributed by atoms with Crippen molar-refractivity contribution in [2.24, 2.45) is 0 Å². The van der Waals surface area contributed by atoms with Gasteiger partial charge in [0.15, 0.2) is 11.5 Å². The number of nitrogen functional groups attached to an aromatic ring is 1. The maximum absolute atomic E-state index is 11.9. The number of aromatic amines is 1. The molecule has 116 valence electrons. The number of ether oxygens (including phenoxy) is 2. The minimum Gasteiger partial charge on any atom is -0.502 e. The molecule has 0 fully saturated rings. The van der Waals surface area contributed by atoms with E-state index in [2.05, 4.69) is 4.98 Å². The number of rotatable bonds is 3. The zero-order valence-corrected chi connectivity index (χ0v) is 12.3. The summed E-state index contributed by atoms with van der Waals surface area (Å²) in [5.74, 6) is -0.275. The predicted octanol–water partition coefficient (Wildman–Crippen LogP) is 1.09. The highest BCUT2D eigenvalue weighted by molar-refractivity contribution is 5.82. The third-order valence-electron chi connectivity index (χ3n) is 3.24. The number of nitrogens with one attached hydrogen (secondary N) is 1. The Hall–Kier alpha value is -3.65. The van der Waals surface area contributed by atoms with E-state index in [1.54, 1.807) is 6.07 Å². The Bertz CT molecular complexity index is 894. The van der Waals surface area contributed by atoms with Crippen molar-refractivity contribution in [3.8, 4) is 40.5 Å². The van der Waals surface area contributed by atoms with E-state index in [-0.39, 0.29) is 45.3 Å². The molecule has 0 saturated carbocycles. The predicted molar refractivity (Wildman–Crippen MR) is 81.1 cm³/mol. The number of hydrogen-bond donors (Lipinski definition) is 3. The number of nitriles is 2. The quantitative estimate of drug-likeness (QED) is 0.768. The smallest absolute Gasteiger partial charge is 0.268 e. The average Bonchev–Trinajstić information content (AvgIpc) is 2.54. The zero-order valence-electron chi connectivity index (χ0n) is 12.3. The molecule has 2 aromatic rings. The molecule has 1 aromatic heterocycles. The topological polar surface area (TPSA) is 145 Å². The molecule has 23 heavy (non-hydrogen) atoms. The lowest BCUT2D eigenvalue weighted by atomic mass is 9.96. The number of phenolic OH excluding ortho intramolecular Hbond substituents is 1. The van der Waals surface area contributed by atoms with E-state index in [0.29, 0.717) is 0 Å². The van der Waals surface area contributed by atoms with Crippen LogP contribution in [0.2, 0.25) is 0 Å². The molecule has 1 heterocycles. The molecule has 0 amide bonds. The fourth-order valence-corrected chi connectivity index (χ4v) is 2.17. The molecule has 0 bridgehead atoms. The highest BCUT2D eigenvalue weighted by Crippen LogP contribution is 2.41. The Morgan fingerprint density at radius 1 is 1.13 bits per heavy atom. The molecular formula is C15H12N4O4. The first-order valence-electron chi connectivity index (χ1n) is 6.29. The van der Waals surface area contributed by atoms with Crippen LogP contribution in [0, 0.1) is 22.7 Å². The second-order valence-electron chi connectivity index (χ2n) is 4.45. The summed E-state index contributed by atoms with van der Waals surface area (Å²) in [6.45, 7) is 0. The summed E-state index contributed by atoms with van der Waals surface area (Å²) >= 11 is 0. The number of nitrogens with zero attached hydrogens (tertiary/aromatic N) is 2. The standard InChI is InChI=1S/C15H12N4O4/c1-22-10-3-7(4-11(23-2)13(10)20)12-8(5-16)14(18)19-15(21)9(12)6-17/h3-4,20H,1-2H3,(H3,18,19,21). The first-order valence-corrected chi connectivity index (χ1v) is 6.29. The summed E-state index contributed by atoms with van der Waals surface area (Å²) in [6, 6.07) is 6.39. The number of hydrogen-bond acceptors (Lipinski definition) is 7. The molecule has 0 atom stereocenters. The first-order chi connectivity index (χ1) is 11.0. The van der Waals surface area contributed by atoms with Gasteiger partial charge in [-0.2, -0.15) is 10.5 Å². The summed E-state index contributed by atoms with van der Waals surface area (Å²) in [5, 5.41) is 28.5. The molecule has 2 rings (SSSR count). The van der Waals surface area contributed by atoms with Crippen molar-refractivity contribution in [3.05, 3.63) is 33.6 Å². The summed E-state index contributed by atoms with van der Waals surface area (Å²) in [4.78, 5) is 14.2. The van der Waals surface area contributed by atoms with E-state index in [0.717, 1.165) is 0 Å². The number of pyridine rings is 1. The maximum Gasteiger partial charge on any atom is 0.268 e. The van der Waals surface area contributed by atoms with Crippen LogP contribution in [0.3, 0.4) is 0 Å². The van der Waals surface area contributed by atoms with E-state index < -0.39 is 5.56 Å². The number of aromatic hydroxyl groups is 1. The van der Waals surface area contributed by atoms with Gasteiger partial charge < -0.3 is 25.3 Å². The van der Waals surface area contributed by atoms with Crippen LogP contribution in [-0.2, 0) is 0 Å². The molecular weight excluding hydrogens is 300 g/mol. The van der Waals surface area contributed by atoms with Crippen LogP contribution in [0.4, 0.5) is 5.82 Å². The van der Waals surface area contributed by atoms with E-state index in [1.165, 1.54) is 26.4 Å². The monoisotopic (exact) mass is 312 g/mol. The third-order valence-corrected chi connectivity index (χ3v) is 3.24. The maximum atomic E-state index is 11.9. The molecule has 0 saturated heterocycles. The molecule has 0 unspecified atom stereocenters. The van der Waals surface area contributed by atoms with Gasteiger partial charge in [-0.05, 0) is 17.7 Å². The van der Waals surface area contributed by atoms with Gasteiger partial charge in [0.05, 0.1) is 14.2 Å². The molecule has 0 aliphatic rings. The Labute approximate surface area is 130 Å². The number of methoxy groups -OCH3 is 2. The Morgan fingerprint density at radius 3 is 2.09 bits per heavy atom. The molecule has 0 aliphatic heterocycles. The van der Waals surface area contributed by atoms with Crippen LogP contribution in [0.15, 0.2) is 16.9 Å². The highest BCUT2D eigenvalue weighted by Gasteiger charge is 2.21. The summed E-state index contributed by atoms with van der Waals surface area (Å²) in [7, 11) is 2.67. The third kappa shape index (κ3) is 2.49. The highest BCUT2D eigenvalue weighted by atomic mass is 16.5. The van der Waals surface area contributed by atoms with Crippen LogP contribution in [0.1, 0.15) is 11.1 Å². The fourth-order valence-electron chi connectivity index (χ4n) is 2.17. The van der Waals surface area contributed by atoms with Crippen LogP contribution in [0.5, 0.6) is 17.2 Å². The van der Waals surface area contributed by atoms with E-state index in [9.17, 15) is 20.4 Å². The summed E-state index contributed by atoms with van der Waals surface area (Å²) < 4.78 is 10.1. The summed E-state index contributed by atoms with van der Waals surface area (Å²) in [5.41, 5.74) is 4.94. The zero-order chi connectivity index (χ0) is 17.1. The fraction of sp³-hybridized carbons (Fsp3) is 0.133. The lowest BCUT2D eigenvalue weighted by Gasteiger charge is -2.13. The van der Waals surface area contributed by atoms with Crippen LogP contribution < -0.4 is 20.8 Å². The number of phenols is 1. The van der Waals surface area contributed by atoms with Gasteiger partial charge in [0.25, 0.3) is 5.56 Å². The lowest BCUT2D eigenvalue weighted by molar-refractivity contribution is 0.340. The van der Waals surface area contributed by atoms with E-state index >= 15 is 0 Å². The van der Waals surface area contributed by atoms with Gasteiger partial charge in [0.1, 0.15) is 29.1 Å².